The molecule has 1 rings (SSSR count). The number of likely N-dealkylation sites (N-methyl/N-ethyl adjacent to an activating group) is 1. The quantitative estimate of drug-likeness (QED) is 0.603. The van der Waals surface area contributed by atoms with Crippen LogP contribution in [-0.2, 0) is 6.42 Å². The van der Waals surface area contributed by atoms with Gasteiger partial charge in [-0.05, 0) is 32.6 Å². The third-order valence-corrected chi connectivity index (χ3v) is 2.59. The molecule has 1 aromatic rings. The summed E-state index contributed by atoms with van der Waals surface area (Å²) < 4.78 is 0. The van der Waals surface area contributed by atoms with Crippen LogP contribution < -0.4 is 5.73 Å². The molecule has 0 aliphatic rings. The van der Waals surface area contributed by atoms with E-state index >= 15 is 0 Å². The molecule has 0 amide bonds. The lowest BCUT2D eigenvalue weighted by Gasteiger charge is -2.13. The number of anilines is 1. The van der Waals surface area contributed by atoms with Gasteiger partial charge in [-0.15, -0.1) is 0 Å². The smallest absolute Gasteiger partial charge is 0.178 e. The Labute approximate surface area is 102 Å². The fourth-order valence-electron chi connectivity index (χ4n) is 1.78. The van der Waals surface area contributed by atoms with Crippen molar-refractivity contribution in [3.05, 3.63) is 23.3 Å². The van der Waals surface area contributed by atoms with E-state index in [4.69, 9.17) is 5.73 Å². The molecule has 4 nitrogen and oxygen atoms in total. The number of rotatable bonds is 5. The Bertz CT molecular complexity index is 414. The second-order valence-electron chi connectivity index (χ2n) is 4.44. The Morgan fingerprint density at radius 1 is 1.41 bits per heavy atom. The minimum absolute atomic E-state index is 0.0233. The van der Waals surface area contributed by atoms with Crippen molar-refractivity contribution in [3.63, 3.8) is 0 Å². The van der Waals surface area contributed by atoms with Gasteiger partial charge in [-0.2, -0.15) is 0 Å². The van der Waals surface area contributed by atoms with Crippen LogP contribution in [0.1, 0.15) is 29.3 Å². The number of nitrogen functional groups attached to an aromatic ring is 1. The Morgan fingerprint density at radius 3 is 2.59 bits per heavy atom. The van der Waals surface area contributed by atoms with E-state index in [0.29, 0.717) is 29.8 Å². The fourth-order valence-corrected chi connectivity index (χ4v) is 1.78. The zero-order valence-corrected chi connectivity index (χ0v) is 10.7. The third-order valence-electron chi connectivity index (χ3n) is 2.59. The van der Waals surface area contributed by atoms with Crippen molar-refractivity contribution in [2.24, 2.45) is 0 Å². The van der Waals surface area contributed by atoms with Crippen LogP contribution in [0, 0.1) is 0 Å². The zero-order chi connectivity index (χ0) is 13.0. The second-order valence-corrected chi connectivity index (χ2v) is 4.44. The van der Waals surface area contributed by atoms with Gasteiger partial charge in [0.05, 0.1) is 6.54 Å². The lowest BCUT2D eigenvalue weighted by molar-refractivity contribution is 0.0958. The largest absolute Gasteiger partial charge is 0.508 e. The summed E-state index contributed by atoms with van der Waals surface area (Å²) in [5.74, 6) is 0.149. The molecule has 94 valence electrons. The first-order valence-corrected chi connectivity index (χ1v) is 5.75. The first-order chi connectivity index (χ1) is 7.97. The van der Waals surface area contributed by atoms with Crippen molar-refractivity contribution in [3.8, 4) is 5.75 Å². The third kappa shape index (κ3) is 3.20. The number of phenols is 1. The van der Waals surface area contributed by atoms with E-state index in [1.54, 1.807) is 17.0 Å². The summed E-state index contributed by atoms with van der Waals surface area (Å²) >= 11 is 0. The van der Waals surface area contributed by atoms with E-state index in [2.05, 4.69) is 0 Å². The molecule has 0 aromatic heterocycles. The molecule has 3 N–H and O–H groups in total. The van der Waals surface area contributed by atoms with Gasteiger partial charge in [0.25, 0.3) is 0 Å². The monoisotopic (exact) mass is 236 g/mol. The number of hydrogen-bond donors (Lipinski definition) is 2. The number of nitrogens with zero attached hydrogens (tertiary/aromatic N) is 1. The summed E-state index contributed by atoms with van der Waals surface area (Å²) in [7, 11) is 3.67. The standard InChI is InChI=1S/C13H20N2O2/c1-4-5-9-11(16)7-6-10(13(9)14)12(17)8-15(2)3/h6-7,16H,4-5,8,14H2,1-3H3. The maximum Gasteiger partial charge on any atom is 0.178 e. The molecule has 1 aromatic carbocycles. The van der Waals surface area contributed by atoms with Gasteiger partial charge in [0.15, 0.2) is 5.78 Å². The molecule has 0 spiro atoms. The molecule has 17 heavy (non-hydrogen) atoms. The molecule has 0 heterocycles. The number of hydrogen-bond acceptors (Lipinski definition) is 4. The summed E-state index contributed by atoms with van der Waals surface area (Å²) in [5, 5.41) is 9.71. The first-order valence-electron chi connectivity index (χ1n) is 5.75. The van der Waals surface area contributed by atoms with Crippen LogP contribution in [0.5, 0.6) is 5.75 Å². The number of carbonyl (C=O) groups excluding carboxylic acids is 1. The number of carbonyl (C=O) groups is 1. The van der Waals surface area contributed by atoms with Gasteiger partial charge < -0.3 is 15.7 Å². The molecule has 0 aliphatic carbocycles. The summed E-state index contributed by atoms with van der Waals surface area (Å²) in [4.78, 5) is 13.7. The van der Waals surface area contributed by atoms with E-state index in [1.165, 1.54) is 0 Å². The molecular weight excluding hydrogens is 216 g/mol. The Balaban J connectivity index is 3.09. The molecule has 0 fully saturated rings. The van der Waals surface area contributed by atoms with E-state index in [0.717, 1.165) is 6.42 Å². The Hall–Kier alpha value is -1.55. The summed E-state index contributed by atoms with van der Waals surface area (Å²) in [6.45, 7) is 2.33. The molecule has 0 unspecified atom stereocenters. The van der Waals surface area contributed by atoms with Crippen molar-refractivity contribution in [2.75, 3.05) is 26.4 Å². The Kier molecular flexibility index (Phi) is 4.52. The lowest BCUT2D eigenvalue weighted by Crippen LogP contribution is -2.22. The maximum absolute atomic E-state index is 11.9. The summed E-state index contributed by atoms with van der Waals surface area (Å²) in [6.07, 6.45) is 1.56. The molecule has 0 saturated heterocycles. The second kappa shape index (κ2) is 5.68. The average Bonchev–Trinajstić information content (AvgIpc) is 2.23. The highest BCUT2D eigenvalue weighted by atomic mass is 16.3. The van der Waals surface area contributed by atoms with Crippen molar-refractivity contribution in [1.29, 1.82) is 0 Å². The van der Waals surface area contributed by atoms with E-state index in [-0.39, 0.29) is 11.5 Å². The number of benzene rings is 1. The van der Waals surface area contributed by atoms with Crippen molar-refractivity contribution in [1.82, 2.24) is 4.90 Å². The summed E-state index contributed by atoms with van der Waals surface area (Å²) in [5.41, 5.74) is 7.54. The molecule has 4 heteroatoms. The number of phenolic OH excluding ortho intramolecular Hbond substituents is 1. The normalized spacial score (nSPS) is 10.8. The molecule has 0 saturated carbocycles. The van der Waals surface area contributed by atoms with Crippen LogP contribution >= 0.6 is 0 Å². The minimum Gasteiger partial charge on any atom is -0.508 e. The van der Waals surface area contributed by atoms with Crippen LogP contribution in [0.25, 0.3) is 0 Å². The molecule has 0 atom stereocenters. The highest BCUT2D eigenvalue weighted by Gasteiger charge is 2.15. The first kappa shape index (κ1) is 13.5. The number of nitrogens with two attached hydrogens (primary N) is 1. The lowest BCUT2D eigenvalue weighted by atomic mass is 9.99. The zero-order valence-electron chi connectivity index (χ0n) is 10.7. The molecular formula is C13H20N2O2. The van der Waals surface area contributed by atoms with Gasteiger partial charge in [-0.25, -0.2) is 0 Å². The average molecular weight is 236 g/mol. The van der Waals surface area contributed by atoms with Gasteiger partial charge >= 0.3 is 0 Å². The topological polar surface area (TPSA) is 66.6 Å². The summed E-state index contributed by atoms with van der Waals surface area (Å²) in [6, 6.07) is 3.14. The van der Waals surface area contributed by atoms with Crippen LogP contribution in [0.3, 0.4) is 0 Å². The van der Waals surface area contributed by atoms with E-state index in [9.17, 15) is 9.90 Å². The van der Waals surface area contributed by atoms with Crippen molar-refractivity contribution < 1.29 is 9.90 Å². The minimum atomic E-state index is -0.0233. The highest BCUT2D eigenvalue weighted by Crippen LogP contribution is 2.28. The molecule has 0 bridgehead atoms. The predicted octanol–water partition coefficient (Wildman–Crippen LogP) is 1.67. The van der Waals surface area contributed by atoms with Crippen LogP contribution in [0.4, 0.5) is 5.69 Å². The number of aromatic hydroxyl groups is 1. The number of Topliss-reactive ketones (excluding diaryl/α,β-unsaturated/α-hetero) is 1. The number of ketones is 1. The van der Waals surface area contributed by atoms with Crippen LogP contribution in [-0.4, -0.2) is 36.4 Å². The molecule has 0 radical (unpaired) electrons. The van der Waals surface area contributed by atoms with E-state index in [1.807, 2.05) is 21.0 Å². The molecule has 0 aliphatic heterocycles. The predicted molar refractivity (Wildman–Crippen MR) is 69.4 cm³/mol. The van der Waals surface area contributed by atoms with Gasteiger partial charge in [0, 0.05) is 16.8 Å². The van der Waals surface area contributed by atoms with Gasteiger partial charge in [-0.1, -0.05) is 13.3 Å². The maximum atomic E-state index is 11.9. The van der Waals surface area contributed by atoms with Gasteiger partial charge in [0.2, 0.25) is 0 Å². The van der Waals surface area contributed by atoms with Crippen LogP contribution in [0.15, 0.2) is 12.1 Å². The highest BCUT2D eigenvalue weighted by molar-refractivity contribution is 6.03. The van der Waals surface area contributed by atoms with Gasteiger partial charge in [0.1, 0.15) is 5.75 Å². The van der Waals surface area contributed by atoms with Crippen molar-refractivity contribution >= 4 is 11.5 Å². The SMILES string of the molecule is CCCc1c(O)ccc(C(=O)CN(C)C)c1N. The van der Waals surface area contributed by atoms with Crippen LogP contribution in [0.2, 0.25) is 0 Å². The van der Waals surface area contributed by atoms with Crippen molar-refractivity contribution in [2.45, 2.75) is 19.8 Å². The van der Waals surface area contributed by atoms with E-state index < -0.39 is 0 Å². The fraction of sp³-hybridized carbons (Fsp3) is 0.462. The Morgan fingerprint density at radius 2 is 2.06 bits per heavy atom. The van der Waals surface area contributed by atoms with Gasteiger partial charge in [-0.3, -0.25) is 4.79 Å².